The Morgan fingerprint density at radius 1 is 0.733 bits per heavy atom. The van der Waals surface area contributed by atoms with Gasteiger partial charge in [0.15, 0.2) is 11.5 Å². The summed E-state index contributed by atoms with van der Waals surface area (Å²) >= 11 is 0. The minimum Gasteiger partial charge on any atom is -0.459 e. The van der Waals surface area contributed by atoms with Gasteiger partial charge in [-0.2, -0.15) is 0 Å². The Balaban J connectivity index is 1.93. The van der Waals surface area contributed by atoms with Crippen molar-refractivity contribution in [1.82, 2.24) is 0 Å². The first-order valence-corrected chi connectivity index (χ1v) is 10.3. The number of benzene rings is 1. The van der Waals surface area contributed by atoms with Crippen LogP contribution in [0.15, 0.2) is 69.9 Å². The van der Waals surface area contributed by atoms with Crippen LogP contribution in [0.5, 0.6) is 0 Å². The number of hydrogen-bond acceptors (Lipinski definition) is 4. The molecule has 0 unspecified atom stereocenters. The van der Waals surface area contributed by atoms with E-state index in [1.54, 1.807) is 34.1 Å². The number of amides is 2. The number of rotatable bonds is 8. The van der Waals surface area contributed by atoms with Gasteiger partial charge in [-0.1, -0.05) is 13.8 Å². The number of furan rings is 2. The molecule has 1 aromatic carbocycles. The van der Waals surface area contributed by atoms with Gasteiger partial charge in [-0.05, 0) is 75.2 Å². The van der Waals surface area contributed by atoms with Gasteiger partial charge in [-0.15, -0.1) is 0 Å². The molecule has 2 aromatic heterocycles. The SMILES string of the molecule is CC[C@H](C)N(C(=O)c1ccco1)c1ccc(N(C(=O)c2ccco2)[C@@H](C)CC)cc1. The van der Waals surface area contributed by atoms with Crippen LogP contribution in [0.25, 0.3) is 0 Å². The van der Waals surface area contributed by atoms with Crippen LogP contribution in [0.2, 0.25) is 0 Å². The molecule has 158 valence electrons. The summed E-state index contributed by atoms with van der Waals surface area (Å²) in [6.07, 6.45) is 4.58. The molecule has 2 atom stereocenters. The van der Waals surface area contributed by atoms with E-state index < -0.39 is 0 Å². The molecule has 2 heterocycles. The van der Waals surface area contributed by atoms with Gasteiger partial charge in [0.2, 0.25) is 0 Å². The Labute approximate surface area is 177 Å². The van der Waals surface area contributed by atoms with E-state index >= 15 is 0 Å². The van der Waals surface area contributed by atoms with E-state index in [4.69, 9.17) is 8.83 Å². The molecule has 0 fully saturated rings. The molecule has 0 spiro atoms. The fourth-order valence-corrected chi connectivity index (χ4v) is 3.32. The van der Waals surface area contributed by atoms with Gasteiger partial charge >= 0.3 is 0 Å². The van der Waals surface area contributed by atoms with Gasteiger partial charge in [-0.25, -0.2) is 0 Å². The predicted octanol–water partition coefficient (Wildman–Crippen LogP) is 5.76. The van der Waals surface area contributed by atoms with E-state index in [0.717, 1.165) is 24.2 Å². The van der Waals surface area contributed by atoms with Crippen LogP contribution in [0.4, 0.5) is 11.4 Å². The first-order valence-electron chi connectivity index (χ1n) is 10.3. The highest BCUT2D eigenvalue weighted by molar-refractivity contribution is 6.06. The fourth-order valence-electron chi connectivity index (χ4n) is 3.32. The quantitative estimate of drug-likeness (QED) is 0.475. The molecular weight excluding hydrogens is 380 g/mol. The van der Waals surface area contributed by atoms with E-state index in [9.17, 15) is 9.59 Å². The first-order chi connectivity index (χ1) is 14.5. The highest BCUT2D eigenvalue weighted by Gasteiger charge is 2.27. The molecule has 6 heteroatoms. The van der Waals surface area contributed by atoms with Crippen molar-refractivity contribution in [3.05, 3.63) is 72.6 Å². The molecule has 0 aliphatic carbocycles. The first kappa shape index (κ1) is 21.4. The summed E-state index contributed by atoms with van der Waals surface area (Å²) in [6.45, 7) is 8.07. The van der Waals surface area contributed by atoms with Crippen molar-refractivity contribution in [3.8, 4) is 0 Å². The monoisotopic (exact) mass is 408 g/mol. The van der Waals surface area contributed by atoms with Crippen molar-refractivity contribution in [2.24, 2.45) is 0 Å². The normalized spacial score (nSPS) is 12.9. The molecular formula is C24H28N2O4. The maximum absolute atomic E-state index is 13.0. The molecule has 0 saturated heterocycles. The van der Waals surface area contributed by atoms with Crippen LogP contribution < -0.4 is 9.80 Å². The lowest BCUT2D eigenvalue weighted by molar-refractivity contribution is 0.0943. The topological polar surface area (TPSA) is 66.9 Å². The van der Waals surface area contributed by atoms with E-state index in [2.05, 4.69) is 0 Å². The van der Waals surface area contributed by atoms with Gasteiger partial charge < -0.3 is 18.6 Å². The Bertz CT molecular complexity index is 867. The fraction of sp³-hybridized carbons (Fsp3) is 0.333. The zero-order valence-corrected chi connectivity index (χ0v) is 17.9. The Morgan fingerprint density at radius 3 is 1.37 bits per heavy atom. The Hall–Kier alpha value is -3.28. The lowest BCUT2D eigenvalue weighted by Gasteiger charge is -2.30. The summed E-state index contributed by atoms with van der Waals surface area (Å²) in [5, 5.41) is 0. The molecule has 30 heavy (non-hydrogen) atoms. The highest BCUT2D eigenvalue weighted by Crippen LogP contribution is 2.28. The van der Waals surface area contributed by atoms with Crippen LogP contribution in [-0.2, 0) is 0 Å². The molecule has 0 saturated carbocycles. The molecule has 3 aromatic rings. The molecule has 6 nitrogen and oxygen atoms in total. The van der Waals surface area contributed by atoms with Crippen LogP contribution in [0, 0.1) is 0 Å². The maximum Gasteiger partial charge on any atom is 0.294 e. The van der Waals surface area contributed by atoms with Crippen LogP contribution in [0.1, 0.15) is 61.6 Å². The standard InChI is InChI=1S/C24H28N2O4/c1-5-17(3)25(23(27)21-9-7-15-29-21)19-11-13-20(14-12-19)26(18(4)6-2)24(28)22-10-8-16-30-22/h7-18H,5-6H2,1-4H3/t17-,18-/m0/s1. The molecule has 0 bridgehead atoms. The Kier molecular flexibility index (Phi) is 6.77. The summed E-state index contributed by atoms with van der Waals surface area (Å²) in [5.74, 6) is 0.224. The van der Waals surface area contributed by atoms with Crippen molar-refractivity contribution >= 4 is 23.2 Å². The third-order valence-corrected chi connectivity index (χ3v) is 5.37. The van der Waals surface area contributed by atoms with Crippen LogP contribution in [0.3, 0.4) is 0 Å². The summed E-state index contributed by atoms with van der Waals surface area (Å²) in [7, 11) is 0. The smallest absolute Gasteiger partial charge is 0.294 e. The zero-order chi connectivity index (χ0) is 21.7. The number of carbonyl (C=O) groups is 2. The van der Waals surface area contributed by atoms with Crippen molar-refractivity contribution in [2.45, 2.75) is 52.6 Å². The largest absolute Gasteiger partial charge is 0.459 e. The van der Waals surface area contributed by atoms with Gasteiger partial charge in [0, 0.05) is 23.5 Å². The minimum absolute atomic E-state index is 0.0103. The lowest BCUT2D eigenvalue weighted by Crippen LogP contribution is -2.39. The second-order valence-corrected chi connectivity index (χ2v) is 7.34. The summed E-state index contributed by atoms with van der Waals surface area (Å²) < 4.78 is 10.6. The molecule has 0 aliphatic rings. The summed E-state index contributed by atoms with van der Waals surface area (Å²) in [6, 6.07) is 14.2. The zero-order valence-electron chi connectivity index (χ0n) is 17.9. The number of anilines is 2. The Morgan fingerprint density at radius 2 is 1.10 bits per heavy atom. The average molecular weight is 408 g/mol. The molecule has 0 radical (unpaired) electrons. The van der Waals surface area contributed by atoms with E-state index in [-0.39, 0.29) is 23.9 Å². The van der Waals surface area contributed by atoms with E-state index in [1.807, 2.05) is 52.0 Å². The summed E-state index contributed by atoms with van der Waals surface area (Å²) in [5.41, 5.74) is 1.51. The highest BCUT2D eigenvalue weighted by atomic mass is 16.3. The number of carbonyl (C=O) groups excluding carboxylic acids is 2. The van der Waals surface area contributed by atoms with E-state index in [1.165, 1.54) is 12.5 Å². The molecule has 2 amide bonds. The second-order valence-electron chi connectivity index (χ2n) is 7.34. The van der Waals surface area contributed by atoms with E-state index in [0.29, 0.717) is 11.5 Å². The third kappa shape index (κ3) is 4.32. The average Bonchev–Trinajstić information content (AvgIpc) is 3.48. The van der Waals surface area contributed by atoms with Crippen molar-refractivity contribution < 1.29 is 18.4 Å². The lowest BCUT2D eigenvalue weighted by atomic mass is 10.1. The second kappa shape index (κ2) is 9.48. The van der Waals surface area contributed by atoms with Crippen LogP contribution >= 0.6 is 0 Å². The van der Waals surface area contributed by atoms with Crippen molar-refractivity contribution in [1.29, 1.82) is 0 Å². The molecule has 3 rings (SSSR count). The number of hydrogen-bond donors (Lipinski definition) is 0. The van der Waals surface area contributed by atoms with Crippen LogP contribution in [-0.4, -0.2) is 23.9 Å². The van der Waals surface area contributed by atoms with Gasteiger partial charge in [0.1, 0.15) is 0 Å². The summed E-state index contributed by atoms with van der Waals surface area (Å²) in [4.78, 5) is 29.5. The van der Waals surface area contributed by atoms with Gasteiger partial charge in [0.25, 0.3) is 11.8 Å². The van der Waals surface area contributed by atoms with Gasteiger partial charge in [0.05, 0.1) is 12.5 Å². The molecule has 0 N–H and O–H groups in total. The number of nitrogens with zero attached hydrogens (tertiary/aromatic N) is 2. The molecule has 0 aliphatic heterocycles. The van der Waals surface area contributed by atoms with Crippen molar-refractivity contribution in [2.75, 3.05) is 9.80 Å². The third-order valence-electron chi connectivity index (χ3n) is 5.37. The van der Waals surface area contributed by atoms with Crippen molar-refractivity contribution in [3.63, 3.8) is 0 Å². The minimum atomic E-state index is -0.187. The predicted molar refractivity (Wildman–Crippen MR) is 117 cm³/mol. The maximum atomic E-state index is 13.0. The van der Waals surface area contributed by atoms with Gasteiger partial charge in [-0.3, -0.25) is 9.59 Å².